The second kappa shape index (κ2) is 6.21. The van der Waals surface area contributed by atoms with Gasteiger partial charge >= 0.3 is 5.63 Å². The highest BCUT2D eigenvalue weighted by Crippen LogP contribution is 2.40. The van der Waals surface area contributed by atoms with Gasteiger partial charge in [0.1, 0.15) is 16.4 Å². The zero-order valence-corrected chi connectivity index (χ0v) is 13.8. The Morgan fingerprint density at radius 3 is 2.58 bits per heavy atom. The summed E-state index contributed by atoms with van der Waals surface area (Å²) >= 11 is 1.32. The average molecular weight is 336 g/mol. The van der Waals surface area contributed by atoms with Crippen molar-refractivity contribution in [2.24, 2.45) is 0 Å². The molecule has 0 bridgehead atoms. The fraction of sp³-hybridized carbons (Fsp3) is 0.150. The maximum atomic E-state index is 12.4. The SMILES string of the molecule is O=c1oc2c(c(O)c1SCc1ccccc1)CCc1ccccc1-2. The highest BCUT2D eigenvalue weighted by molar-refractivity contribution is 7.98. The number of rotatable bonds is 3. The maximum Gasteiger partial charge on any atom is 0.353 e. The van der Waals surface area contributed by atoms with E-state index < -0.39 is 5.63 Å². The maximum absolute atomic E-state index is 12.4. The van der Waals surface area contributed by atoms with Gasteiger partial charge in [-0.15, -0.1) is 11.8 Å². The highest BCUT2D eigenvalue weighted by Gasteiger charge is 2.25. The molecule has 0 atom stereocenters. The van der Waals surface area contributed by atoms with Crippen molar-refractivity contribution in [2.45, 2.75) is 23.5 Å². The van der Waals surface area contributed by atoms with Crippen molar-refractivity contribution < 1.29 is 9.52 Å². The molecule has 1 aliphatic carbocycles. The first kappa shape index (κ1) is 15.1. The number of aryl methyl sites for hydroxylation is 1. The number of thioether (sulfide) groups is 1. The molecule has 0 aliphatic heterocycles. The lowest BCUT2D eigenvalue weighted by Crippen LogP contribution is -2.11. The molecule has 1 aromatic heterocycles. The zero-order chi connectivity index (χ0) is 16.5. The van der Waals surface area contributed by atoms with Crippen LogP contribution in [0, 0.1) is 0 Å². The van der Waals surface area contributed by atoms with Crippen LogP contribution in [0.5, 0.6) is 5.75 Å². The summed E-state index contributed by atoms with van der Waals surface area (Å²) in [6, 6.07) is 17.7. The molecule has 0 amide bonds. The third-order valence-electron chi connectivity index (χ3n) is 4.29. The first-order chi connectivity index (χ1) is 11.7. The van der Waals surface area contributed by atoms with E-state index in [1.54, 1.807) is 0 Å². The molecule has 3 aromatic rings. The van der Waals surface area contributed by atoms with Gasteiger partial charge in [-0.2, -0.15) is 0 Å². The van der Waals surface area contributed by atoms with Crippen molar-refractivity contribution in [2.75, 3.05) is 0 Å². The van der Waals surface area contributed by atoms with Crippen LogP contribution >= 0.6 is 11.8 Å². The molecule has 0 fully saturated rings. The fourth-order valence-corrected chi connectivity index (χ4v) is 3.99. The van der Waals surface area contributed by atoms with E-state index in [1.807, 2.05) is 54.6 Å². The Bertz CT molecular complexity index is 945. The van der Waals surface area contributed by atoms with E-state index in [0.717, 1.165) is 28.7 Å². The molecule has 1 heterocycles. The van der Waals surface area contributed by atoms with Crippen molar-refractivity contribution in [3.63, 3.8) is 0 Å². The van der Waals surface area contributed by atoms with Gasteiger partial charge in [0.05, 0.1) is 0 Å². The van der Waals surface area contributed by atoms with E-state index >= 15 is 0 Å². The summed E-state index contributed by atoms with van der Waals surface area (Å²) in [6.45, 7) is 0. The van der Waals surface area contributed by atoms with Gasteiger partial charge in [0, 0.05) is 16.9 Å². The number of hydrogen-bond donors (Lipinski definition) is 1. The summed E-state index contributed by atoms with van der Waals surface area (Å²) < 4.78 is 5.59. The minimum atomic E-state index is -0.469. The lowest BCUT2D eigenvalue weighted by atomic mass is 9.90. The molecule has 1 N–H and O–H groups in total. The molecule has 2 aromatic carbocycles. The zero-order valence-electron chi connectivity index (χ0n) is 13.0. The number of fused-ring (bicyclic) bond motifs is 3. The highest BCUT2D eigenvalue weighted by atomic mass is 32.2. The molecule has 120 valence electrons. The monoisotopic (exact) mass is 336 g/mol. The van der Waals surface area contributed by atoms with Crippen LogP contribution in [0.25, 0.3) is 11.3 Å². The van der Waals surface area contributed by atoms with Gasteiger partial charge in [0.25, 0.3) is 0 Å². The molecule has 0 radical (unpaired) electrons. The minimum Gasteiger partial charge on any atom is -0.506 e. The van der Waals surface area contributed by atoms with Crippen LogP contribution in [-0.4, -0.2) is 5.11 Å². The Labute approximate surface area is 144 Å². The van der Waals surface area contributed by atoms with Crippen molar-refractivity contribution in [1.82, 2.24) is 0 Å². The van der Waals surface area contributed by atoms with Crippen LogP contribution in [0.1, 0.15) is 16.7 Å². The Kier molecular flexibility index (Phi) is 3.90. The largest absolute Gasteiger partial charge is 0.506 e. The number of benzene rings is 2. The molecule has 0 saturated heterocycles. The number of aromatic hydroxyl groups is 1. The molecule has 4 heteroatoms. The molecule has 24 heavy (non-hydrogen) atoms. The third kappa shape index (κ3) is 2.63. The first-order valence-corrected chi connectivity index (χ1v) is 8.86. The van der Waals surface area contributed by atoms with Crippen LogP contribution in [-0.2, 0) is 18.6 Å². The van der Waals surface area contributed by atoms with Gasteiger partial charge in [-0.25, -0.2) is 4.79 Å². The number of hydrogen-bond acceptors (Lipinski definition) is 4. The Hall–Kier alpha value is -2.46. The topological polar surface area (TPSA) is 50.4 Å². The Balaban J connectivity index is 1.73. The van der Waals surface area contributed by atoms with Gasteiger partial charge in [0.2, 0.25) is 0 Å². The van der Waals surface area contributed by atoms with Crippen LogP contribution in [0.4, 0.5) is 0 Å². The Morgan fingerprint density at radius 2 is 1.75 bits per heavy atom. The van der Waals surface area contributed by atoms with Crippen molar-refractivity contribution in [3.8, 4) is 17.1 Å². The van der Waals surface area contributed by atoms with E-state index in [4.69, 9.17) is 4.42 Å². The lowest BCUT2D eigenvalue weighted by Gasteiger charge is -2.19. The molecule has 1 aliphatic rings. The smallest absolute Gasteiger partial charge is 0.353 e. The van der Waals surface area contributed by atoms with Crippen LogP contribution in [0.15, 0.2) is 68.7 Å². The van der Waals surface area contributed by atoms with Crippen molar-refractivity contribution in [1.29, 1.82) is 0 Å². The van der Waals surface area contributed by atoms with Crippen LogP contribution in [0.2, 0.25) is 0 Å². The molecule has 4 rings (SSSR count). The average Bonchev–Trinajstić information content (AvgIpc) is 2.62. The van der Waals surface area contributed by atoms with E-state index in [9.17, 15) is 9.90 Å². The molecule has 0 spiro atoms. The quantitative estimate of drug-likeness (QED) is 0.720. The molecule has 0 saturated carbocycles. The summed E-state index contributed by atoms with van der Waals surface area (Å²) in [5, 5.41) is 10.6. The standard InChI is InChI=1S/C20H16O3S/c21-17-16-11-10-14-8-4-5-9-15(14)18(16)23-20(22)19(17)24-12-13-6-2-1-3-7-13/h1-9,21H,10-12H2. The van der Waals surface area contributed by atoms with Crippen LogP contribution < -0.4 is 5.63 Å². The lowest BCUT2D eigenvalue weighted by molar-refractivity contribution is 0.418. The van der Waals surface area contributed by atoms with E-state index in [2.05, 4.69) is 0 Å². The van der Waals surface area contributed by atoms with Crippen LogP contribution in [0.3, 0.4) is 0 Å². The van der Waals surface area contributed by atoms with Gasteiger partial charge in [0.15, 0.2) is 0 Å². The van der Waals surface area contributed by atoms with Gasteiger partial charge in [-0.3, -0.25) is 0 Å². The van der Waals surface area contributed by atoms with Gasteiger partial charge < -0.3 is 9.52 Å². The van der Waals surface area contributed by atoms with Crippen molar-refractivity contribution in [3.05, 3.63) is 81.7 Å². The van der Waals surface area contributed by atoms with Gasteiger partial charge in [-0.05, 0) is 24.0 Å². The van der Waals surface area contributed by atoms with E-state index in [1.165, 1.54) is 11.8 Å². The summed E-state index contributed by atoms with van der Waals surface area (Å²) in [6.07, 6.45) is 1.52. The van der Waals surface area contributed by atoms with E-state index in [0.29, 0.717) is 22.8 Å². The van der Waals surface area contributed by atoms with E-state index in [-0.39, 0.29) is 5.75 Å². The summed E-state index contributed by atoms with van der Waals surface area (Å²) in [7, 11) is 0. The van der Waals surface area contributed by atoms with Crippen molar-refractivity contribution >= 4 is 11.8 Å². The molecular formula is C20H16O3S. The fourth-order valence-electron chi connectivity index (χ4n) is 3.07. The predicted octanol–water partition coefficient (Wildman–Crippen LogP) is 4.40. The Morgan fingerprint density at radius 1 is 1.00 bits per heavy atom. The molecular weight excluding hydrogens is 320 g/mol. The minimum absolute atomic E-state index is 0.0803. The predicted molar refractivity (Wildman–Crippen MR) is 95.5 cm³/mol. The summed E-state index contributed by atoms with van der Waals surface area (Å²) in [5.41, 5.74) is 3.43. The normalized spacial score (nSPS) is 12.5. The summed E-state index contributed by atoms with van der Waals surface area (Å²) in [5.74, 6) is 1.22. The second-order valence-corrected chi connectivity index (χ2v) is 6.79. The summed E-state index contributed by atoms with van der Waals surface area (Å²) in [4.78, 5) is 12.7. The second-order valence-electron chi connectivity index (χ2n) is 5.81. The molecule has 3 nitrogen and oxygen atoms in total. The molecule has 0 unspecified atom stereocenters. The van der Waals surface area contributed by atoms with Gasteiger partial charge in [-0.1, -0.05) is 54.6 Å². The third-order valence-corrected chi connectivity index (χ3v) is 5.41. The first-order valence-electron chi connectivity index (χ1n) is 7.88.